The molecule has 1 aromatic carbocycles. The van der Waals surface area contributed by atoms with E-state index in [1.165, 1.54) is 6.07 Å². The molecule has 0 heterocycles. The Kier molecular flexibility index (Phi) is 3.09. The summed E-state index contributed by atoms with van der Waals surface area (Å²) in [6.45, 7) is 0. The third kappa shape index (κ3) is 2.22. The van der Waals surface area contributed by atoms with Crippen LogP contribution >= 0.6 is 15.9 Å². The van der Waals surface area contributed by atoms with Crippen LogP contribution in [0.5, 0.6) is 0 Å². The Labute approximate surface area is 95.9 Å². The van der Waals surface area contributed by atoms with Crippen LogP contribution in [0.3, 0.4) is 0 Å². The second-order valence-electron chi connectivity index (χ2n) is 3.92. The van der Waals surface area contributed by atoms with Crippen LogP contribution in [0.2, 0.25) is 0 Å². The molecular weight excluding hydrogens is 263 g/mol. The van der Waals surface area contributed by atoms with Crippen molar-refractivity contribution in [3.8, 4) is 0 Å². The predicted molar refractivity (Wildman–Crippen MR) is 57.8 cm³/mol. The topological polar surface area (TPSA) is 40.5 Å². The molecule has 2 unspecified atom stereocenters. The third-order valence-electron chi connectivity index (χ3n) is 2.73. The lowest BCUT2D eigenvalue weighted by Crippen LogP contribution is -2.21. The number of rotatable bonds is 3. The molecule has 0 bridgehead atoms. The summed E-state index contributed by atoms with van der Waals surface area (Å²) < 4.78 is 13.9. The van der Waals surface area contributed by atoms with Crippen molar-refractivity contribution >= 4 is 15.9 Å². The minimum atomic E-state index is -1.13. The number of benzene rings is 1. The standard InChI is InChI=1S/C11H12BrFO2/c12-8-3-1-2-7(9(8)13)11(15)10(14)6-4-5-6/h1-3,6,10-11,14-15H,4-5H2. The van der Waals surface area contributed by atoms with Crippen molar-refractivity contribution in [2.45, 2.75) is 25.0 Å². The van der Waals surface area contributed by atoms with Gasteiger partial charge in [0.1, 0.15) is 11.9 Å². The molecule has 15 heavy (non-hydrogen) atoms. The smallest absolute Gasteiger partial charge is 0.143 e. The van der Waals surface area contributed by atoms with Crippen molar-refractivity contribution in [1.29, 1.82) is 0 Å². The van der Waals surface area contributed by atoms with Gasteiger partial charge in [0.05, 0.1) is 10.6 Å². The quantitative estimate of drug-likeness (QED) is 0.889. The number of aliphatic hydroxyl groups is 2. The van der Waals surface area contributed by atoms with Crippen molar-refractivity contribution in [1.82, 2.24) is 0 Å². The monoisotopic (exact) mass is 274 g/mol. The highest BCUT2D eigenvalue weighted by molar-refractivity contribution is 9.10. The van der Waals surface area contributed by atoms with Gasteiger partial charge in [-0.3, -0.25) is 0 Å². The van der Waals surface area contributed by atoms with Crippen molar-refractivity contribution in [2.24, 2.45) is 5.92 Å². The van der Waals surface area contributed by atoms with E-state index < -0.39 is 18.0 Å². The maximum Gasteiger partial charge on any atom is 0.143 e. The normalized spacial score (nSPS) is 20.0. The first-order chi connectivity index (χ1) is 7.11. The summed E-state index contributed by atoms with van der Waals surface area (Å²) in [7, 11) is 0. The maximum absolute atomic E-state index is 13.6. The van der Waals surface area contributed by atoms with Gasteiger partial charge in [-0.25, -0.2) is 4.39 Å². The zero-order valence-corrected chi connectivity index (χ0v) is 9.61. The fraction of sp³-hybridized carbons (Fsp3) is 0.455. The van der Waals surface area contributed by atoms with E-state index in [9.17, 15) is 14.6 Å². The first kappa shape index (κ1) is 11.0. The molecule has 2 nitrogen and oxygen atoms in total. The molecule has 82 valence electrons. The highest BCUT2D eigenvalue weighted by atomic mass is 79.9. The molecule has 4 heteroatoms. The minimum absolute atomic E-state index is 0.124. The van der Waals surface area contributed by atoms with E-state index in [-0.39, 0.29) is 11.5 Å². The average Bonchev–Trinajstić information content (AvgIpc) is 3.03. The molecule has 0 spiro atoms. The zero-order chi connectivity index (χ0) is 11.0. The Morgan fingerprint density at radius 2 is 2.00 bits per heavy atom. The molecule has 1 aliphatic carbocycles. The summed E-state index contributed by atoms with van der Waals surface area (Å²) >= 11 is 3.05. The second kappa shape index (κ2) is 4.20. The van der Waals surface area contributed by atoms with E-state index in [0.717, 1.165) is 12.8 Å². The maximum atomic E-state index is 13.6. The van der Waals surface area contributed by atoms with Crippen molar-refractivity contribution in [2.75, 3.05) is 0 Å². The molecule has 0 radical (unpaired) electrons. The molecule has 1 fully saturated rings. The van der Waals surface area contributed by atoms with Gasteiger partial charge in [-0.2, -0.15) is 0 Å². The summed E-state index contributed by atoms with van der Waals surface area (Å²) in [5, 5.41) is 19.5. The lowest BCUT2D eigenvalue weighted by atomic mass is 10.0. The summed E-state index contributed by atoms with van der Waals surface area (Å²) in [6.07, 6.45) is -0.161. The van der Waals surface area contributed by atoms with Crippen LogP contribution in [-0.4, -0.2) is 16.3 Å². The molecule has 0 saturated heterocycles. The number of aliphatic hydroxyl groups excluding tert-OH is 2. The van der Waals surface area contributed by atoms with Gasteiger partial charge in [0, 0.05) is 5.56 Å². The fourth-order valence-electron chi connectivity index (χ4n) is 1.63. The molecular formula is C11H12BrFO2. The van der Waals surface area contributed by atoms with Gasteiger partial charge >= 0.3 is 0 Å². The van der Waals surface area contributed by atoms with E-state index in [2.05, 4.69) is 15.9 Å². The molecule has 0 aliphatic heterocycles. The Balaban J connectivity index is 2.24. The third-order valence-corrected chi connectivity index (χ3v) is 3.34. The summed E-state index contributed by atoms with van der Waals surface area (Å²) in [4.78, 5) is 0. The highest BCUT2D eigenvalue weighted by Crippen LogP contribution is 2.39. The van der Waals surface area contributed by atoms with Crippen molar-refractivity contribution < 1.29 is 14.6 Å². The molecule has 0 aromatic heterocycles. The van der Waals surface area contributed by atoms with E-state index in [4.69, 9.17) is 0 Å². The van der Waals surface area contributed by atoms with E-state index >= 15 is 0 Å². The first-order valence-electron chi connectivity index (χ1n) is 4.91. The first-order valence-corrected chi connectivity index (χ1v) is 5.70. The van der Waals surface area contributed by atoms with Gasteiger partial charge in [0.2, 0.25) is 0 Å². The molecule has 0 amide bonds. The Hall–Kier alpha value is -0.450. The van der Waals surface area contributed by atoms with Gasteiger partial charge in [-0.1, -0.05) is 12.1 Å². The molecule has 1 aromatic rings. The Bertz CT molecular complexity index is 366. The minimum Gasteiger partial charge on any atom is -0.390 e. The molecule has 2 atom stereocenters. The van der Waals surface area contributed by atoms with Gasteiger partial charge in [0.15, 0.2) is 0 Å². The van der Waals surface area contributed by atoms with Gasteiger partial charge in [-0.05, 0) is 40.8 Å². The lowest BCUT2D eigenvalue weighted by Gasteiger charge is -2.18. The van der Waals surface area contributed by atoms with Crippen LogP contribution in [0, 0.1) is 11.7 Å². The SMILES string of the molecule is OC(c1cccc(Br)c1F)C(O)C1CC1. The lowest BCUT2D eigenvalue weighted by molar-refractivity contribution is 0.00284. The highest BCUT2D eigenvalue weighted by Gasteiger charge is 2.36. The average molecular weight is 275 g/mol. The Morgan fingerprint density at radius 3 is 2.60 bits per heavy atom. The van der Waals surface area contributed by atoms with Gasteiger partial charge in [-0.15, -0.1) is 0 Å². The zero-order valence-electron chi connectivity index (χ0n) is 8.03. The molecule has 2 rings (SSSR count). The number of hydrogen-bond donors (Lipinski definition) is 2. The van der Waals surface area contributed by atoms with E-state index in [1.54, 1.807) is 12.1 Å². The summed E-state index contributed by atoms with van der Waals surface area (Å²) in [5.74, 6) is -0.372. The van der Waals surface area contributed by atoms with Crippen molar-refractivity contribution in [3.63, 3.8) is 0 Å². The van der Waals surface area contributed by atoms with E-state index in [0.29, 0.717) is 4.47 Å². The molecule has 1 saturated carbocycles. The second-order valence-corrected chi connectivity index (χ2v) is 4.77. The van der Waals surface area contributed by atoms with Crippen LogP contribution in [0.15, 0.2) is 22.7 Å². The Morgan fingerprint density at radius 1 is 1.33 bits per heavy atom. The van der Waals surface area contributed by atoms with Crippen LogP contribution in [0.4, 0.5) is 4.39 Å². The van der Waals surface area contributed by atoms with E-state index in [1.807, 2.05) is 0 Å². The predicted octanol–water partition coefficient (Wildman–Crippen LogP) is 2.39. The van der Waals surface area contributed by atoms with Crippen LogP contribution < -0.4 is 0 Å². The molecule has 2 N–H and O–H groups in total. The number of halogens is 2. The van der Waals surface area contributed by atoms with Crippen LogP contribution in [-0.2, 0) is 0 Å². The largest absolute Gasteiger partial charge is 0.390 e. The van der Waals surface area contributed by atoms with Crippen LogP contribution in [0.25, 0.3) is 0 Å². The van der Waals surface area contributed by atoms with Gasteiger partial charge < -0.3 is 10.2 Å². The van der Waals surface area contributed by atoms with Crippen molar-refractivity contribution in [3.05, 3.63) is 34.1 Å². The summed E-state index contributed by atoms with van der Waals surface area (Å²) in [6, 6.07) is 4.71. The molecule has 1 aliphatic rings. The fourth-order valence-corrected chi connectivity index (χ4v) is 2.01. The number of hydrogen-bond acceptors (Lipinski definition) is 2. The van der Waals surface area contributed by atoms with Gasteiger partial charge in [0.25, 0.3) is 0 Å². The summed E-state index contributed by atoms with van der Waals surface area (Å²) in [5.41, 5.74) is 0.156. The van der Waals surface area contributed by atoms with Crippen LogP contribution in [0.1, 0.15) is 24.5 Å².